The molecule has 1 N–H and O–H groups in total. The van der Waals surface area contributed by atoms with Gasteiger partial charge in [0.2, 0.25) is 5.95 Å². The molecule has 0 atom stereocenters. The first-order valence-electron chi connectivity index (χ1n) is 5.93. The zero-order valence-corrected chi connectivity index (χ0v) is 12.2. The van der Waals surface area contributed by atoms with E-state index in [2.05, 4.69) is 22.2 Å². The maximum Gasteiger partial charge on any atom is 0.254 e. The van der Waals surface area contributed by atoms with E-state index in [1.807, 2.05) is 25.9 Å². The Balaban J connectivity index is 2.63. The SMILES string of the molecule is CCSCCNC(=O)c1cnc(N(C)C)nc1C. The molecule has 0 spiro atoms. The van der Waals surface area contributed by atoms with Gasteiger partial charge in [-0.2, -0.15) is 11.8 Å². The molecule has 0 unspecified atom stereocenters. The summed E-state index contributed by atoms with van der Waals surface area (Å²) in [5.41, 5.74) is 1.25. The molecule has 1 heterocycles. The van der Waals surface area contributed by atoms with Crippen LogP contribution in [0, 0.1) is 6.92 Å². The molecule has 1 aromatic heterocycles. The maximum atomic E-state index is 11.9. The summed E-state index contributed by atoms with van der Waals surface area (Å²) in [4.78, 5) is 22.1. The number of carbonyl (C=O) groups is 1. The second-order valence-corrected chi connectivity index (χ2v) is 5.41. The highest BCUT2D eigenvalue weighted by Gasteiger charge is 2.11. The molecule has 1 amide bonds. The van der Waals surface area contributed by atoms with Gasteiger partial charge in [0.25, 0.3) is 5.91 Å². The Bertz CT molecular complexity index is 409. The molecular weight excluding hydrogens is 248 g/mol. The Morgan fingerprint density at radius 1 is 1.50 bits per heavy atom. The van der Waals surface area contributed by atoms with E-state index in [0.29, 0.717) is 23.8 Å². The molecule has 0 aliphatic carbocycles. The summed E-state index contributed by atoms with van der Waals surface area (Å²) in [6.45, 7) is 4.60. The predicted octanol–water partition coefficient (Wildman–Crippen LogP) is 1.33. The summed E-state index contributed by atoms with van der Waals surface area (Å²) >= 11 is 1.80. The van der Waals surface area contributed by atoms with Crippen molar-refractivity contribution in [3.05, 3.63) is 17.5 Å². The lowest BCUT2D eigenvalue weighted by Gasteiger charge is -2.12. The van der Waals surface area contributed by atoms with Gasteiger partial charge in [-0.05, 0) is 12.7 Å². The fraction of sp³-hybridized carbons (Fsp3) is 0.583. The van der Waals surface area contributed by atoms with Crippen LogP contribution in [0.2, 0.25) is 0 Å². The zero-order valence-electron chi connectivity index (χ0n) is 11.4. The van der Waals surface area contributed by atoms with Crippen LogP contribution in [-0.2, 0) is 0 Å². The third-order valence-electron chi connectivity index (χ3n) is 2.35. The van der Waals surface area contributed by atoms with Crippen molar-refractivity contribution in [1.29, 1.82) is 0 Å². The van der Waals surface area contributed by atoms with Gasteiger partial charge in [-0.3, -0.25) is 4.79 Å². The zero-order chi connectivity index (χ0) is 13.5. The predicted molar refractivity (Wildman–Crippen MR) is 76.4 cm³/mol. The molecule has 6 heteroatoms. The van der Waals surface area contributed by atoms with Crippen LogP contribution in [0.5, 0.6) is 0 Å². The number of rotatable bonds is 6. The largest absolute Gasteiger partial charge is 0.351 e. The highest BCUT2D eigenvalue weighted by Crippen LogP contribution is 2.08. The van der Waals surface area contributed by atoms with E-state index in [0.717, 1.165) is 11.5 Å². The molecule has 100 valence electrons. The molecule has 0 radical (unpaired) electrons. The van der Waals surface area contributed by atoms with Crippen molar-refractivity contribution < 1.29 is 4.79 Å². The summed E-state index contributed by atoms with van der Waals surface area (Å²) in [5, 5.41) is 2.87. The number of nitrogens with zero attached hydrogens (tertiary/aromatic N) is 3. The van der Waals surface area contributed by atoms with E-state index in [-0.39, 0.29) is 5.91 Å². The first-order valence-corrected chi connectivity index (χ1v) is 7.08. The molecule has 18 heavy (non-hydrogen) atoms. The van der Waals surface area contributed by atoms with Gasteiger partial charge in [0.1, 0.15) is 0 Å². The fourth-order valence-electron chi connectivity index (χ4n) is 1.37. The highest BCUT2D eigenvalue weighted by molar-refractivity contribution is 7.99. The van der Waals surface area contributed by atoms with Crippen molar-refractivity contribution in [1.82, 2.24) is 15.3 Å². The lowest BCUT2D eigenvalue weighted by Crippen LogP contribution is -2.27. The summed E-state index contributed by atoms with van der Waals surface area (Å²) in [5.74, 6) is 2.51. The van der Waals surface area contributed by atoms with Gasteiger partial charge < -0.3 is 10.2 Å². The van der Waals surface area contributed by atoms with Crippen LogP contribution in [0.4, 0.5) is 5.95 Å². The summed E-state index contributed by atoms with van der Waals surface area (Å²) in [7, 11) is 3.74. The van der Waals surface area contributed by atoms with Gasteiger partial charge >= 0.3 is 0 Å². The minimum Gasteiger partial charge on any atom is -0.351 e. The van der Waals surface area contributed by atoms with Crippen molar-refractivity contribution in [2.45, 2.75) is 13.8 Å². The Hall–Kier alpha value is -1.30. The first kappa shape index (κ1) is 14.8. The molecule has 1 aromatic rings. The standard InChI is InChI=1S/C12H20N4OS/c1-5-18-7-6-13-11(17)10-8-14-12(16(3)4)15-9(10)2/h8H,5-7H2,1-4H3,(H,13,17). The van der Waals surface area contributed by atoms with Gasteiger partial charge in [-0.15, -0.1) is 0 Å². The fourth-order valence-corrected chi connectivity index (χ4v) is 1.90. The van der Waals surface area contributed by atoms with Crippen molar-refractivity contribution >= 4 is 23.6 Å². The van der Waals surface area contributed by atoms with Crippen LogP contribution in [0.3, 0.4) is 0 Å². The molecule has 1 rings (SSSR count). The number of nitrogens with one attached hydrogen (secondary N) is 1. The number of hydrogen-bond donors (Lipinski definition) is 1. The molecule has 0 fully saturated rings. The molecular formula is C12H20N4OS. The lowest BCUT2D eigenvalue weighted by atomic mass is 10.2. The monoisotopic (exact) mass is 268 g/mol. The number of aromatic nitrogens is 2. The normalized spacial score (nSPS) is 10.2. The molecule has 0 aromatic carbocycles. The van der Waals surface area contributed by atoms with E-state index >= 15 is 0 Å². The summed E-state index contributed by atoms with van der Waals surface area (Å²) < 4.78 is 0. The van der Waals surface area contributed by atoms with Crippen molar-refractivity contribution in [3.8, 4) is 0 Å². The first-order chi connectivity index (χ1) is 8.56. The molecule has 0 aliphatic heterocycles. The Labute approximate surface area is 112 Å². The van der Waals surface area contributed by atoms with Crippen LogP contribution < -0.4 is 10.2 Å². The van der Waals surface area contributed by atoms with Crippen LogP contribution >= 0.6 is 11.8 Å². The number of amides is 1. The molecule has 0 aliphatic rings. The van der Waals surface area contributed by atoms with E-state index in [1.54, 1.807) is 18.0 Å². The van der Waals surface area contributed by atoms with Crippen molar-refractivity contribution in [2.75, 3.05) is 37.0 Å². The molecule has 0 saturated heterocycles. The average Bonchev–Trinajstić information content (AvgIpc) is 2.34. The van der Waals surface area contributed by atoms with E-state index in [9.17, 15) is 4.79 Å². The molecule has 0 saturated carbocycles. The Kier molecular flexibility index (Phi) is 5.91. The van der Waals surface area contributed by atoms with Crippen LogP contribution in [0.15, 0.2) is 6.20 Å². The van der Waals surface area contributed by atoms with Crippen LogP contribution in [-0.4, -0.2) is 48.0 Å². The lowest BCUT2D eigenvalue weighted by molar-refractivity contribution is 0.0955. The van der Waals surface area contributed by atoms with Gasteiger partial charge in [-0.1, -0.05) is 6.92 Å². The highest BCUT2D eigenvalue weighted by atomic mass is 32.2. The number of thioether (sulfide) groups is 1. The number of hydrogen-bond acceptors (Lipinski definition) is 5. The molecule has 5 nitrogen and oxygen atoms in total. The third kappa shape index (κ3) is 4.18. The van der Waals surface area contributed by atoms with Crippen LogP contribution in [0.25, 0.3) is 0 Å². The smallest absolute Gasteiger partial charge is 0.254 e. The van der Waals surface area contributed by atoms with Gasteiger partial charge in [0.15, 0.2) is 0 Å². The quantitative estimate of drug-likeness (QED) is 0.789. The summed E-state index contributed by atoms with van der Waals surface area (Å²) in [6.07, 6.45) is 1.58. The summed E-state index contributed by atoms with van der Waals surface area (Å²) in [6, 6.07) is 0. The minimum atomic E-state index is -0.102. The average molecular weight is 268 g/mol. The van der Waals surface area contributed by atoms with Gasteiger partial charge in [-0.25, -0.2) is 9.97 Å². The minimum absolute atomic E-state index is 0.102. The van der Waals surface area contributed by atoms with Gasteiger partial charge in [0.05, 0.1) is 11.3 Å². The number of anilines is 1. The van der Waals surface area contributed by atoms with Gasteiger partial charge in [0, 0.05) is 32.6 Å². The maximum absolute atomic E-state index is 11.9. The Morgan fingerprint density at radius 3 is 2.78 bits per heavy atom. The van der Waals surface area contributed by atoms with E-state index in [1.165, 1.54) is 0 Å². The second kappa shape index (κ2) is 7.20. The third-order valence-corrected chi connectivity index (χ3v) is 3.25. The number of carbonyl (C=O) groups excluding carboxylic acids is 1. The second-order valence-electron chi connectivity index (χ2n) is 4.02. The topological polar surface area (TPSA) is 58.1 Å². The molecule has 0 bridgehead atoms. The number of aryl methyl sites for hydroxylation is 1. The van der Waals surface area contributed by atoms with Crippen molar-refractivity contribution in [2.24, 2.45) is 0 Å². The van der Waals surface area contributed by atoms with Crippen molar-refractivity contribution in [3.63, 3.8) is 0 Å². The van der Waals surface area contributed by atoms with Crippen LogP contribution in [0.1, 0.15) is 23.0 Å². The van der Waals surface area contributed by atoms with E-state index in [4.69, 9.17) is 0 Å². The van der Waals surface area contributed by atoms with E-state index < -0.39 is 0 Å². The Morgan fingerprint density at radius 2 is 2.22 bits per heavy atom.